The van der Waals surface area contributed by atoms with Gasteiger partial charge in [0.2, 0.25) is 0 Å². The fraction of sp³-hybridized carbons (Fsp3) is 0.500. The first-order valence-electron chi connectivity index (χ1n) is 6.39. The Morgan fingerprint density at radius 3 is 2.45 bits per heavy atom. The molecule has 6 heteroatoms. The van der Waals surface area contributed by atoms with Crippen LogP contribution in [0.25, 0.3) is 0 Å². The van der Waals surface area contributed by atoms with Crippen molar-refractivity contribution in [2.24, 2.45) is 0 Å². The zero-order valence-corrected chi connectivity index (χ0v) is 11.5. The van der Waals surface area contributed by atoms with Crippen molar-refractivity contribution in [3.05, 3.63) is 29.8 Å². The van der Waals surface area contributed by atoms with Gasteiger partial charge in [0.05, 0.1) is 0 Å². The summed E-state index contributed by atoms with van der Waals surface area (Å²) in [6, 6.07) is 6.22. The number of aryl methyl sites for hydroxylation is 1. The summed E-state index contributed by atoms with van der Waals surface area (Å²) in [7, 11) is 0. The van der Waals surface area contributed by atoms with Crippen molar-refractivity contribution in [1.29, 1.82) is 0 Å². The molecule has 1 rings (SSSR count). The third-order valence-corrected chi connectivity index (χ3v) is 3.10. The largest absolute Gasteiger partial charge is 0.480 e. The number of nitrogens with one attached hydrogen (secondary N) is 1. The summed E-state index contributed by atoms with van der Waals surface area (Å²) in [6.07, 6.45) is 0.940. The maximum absolute atomic E-state index is 12.0. The van der Waals surface area contributed by atoms with E-state index in [9.17, 15) is 18.7 Å². The van der Waals surface area contributed by atoms with Crippen molar-refractivity contribution < 1.29 is 23.4 Å². The lowest BCUT2D eigenvalue weighted by Gasteiger charge is -2.25. The van der Waals surface area contributed by atoms with Gasteiger partial charge in [0.25, 0.3) is 0 Å². The summed E-state index contributed by atoms with van der Waals surface area (Å²) in [5.74, 6) is -0.812. The maximum atomic E-state index is 12.0. The van der Waals surface area contributed by atoms with Gasteiger partial charge in [-0.15, -0.1) is 0 Å². The summed E-state index contributed by atoms with van der Waals surface area (Å²) in [4.78, 5) is 11.2. The van der Waals surface area contributed by atoms with E-state index in [0.717, 1.165) is 5.56 Å². The van der Waals surface area contributed by atoms with Crippen molar-refractivity contribution in [2.45, 2.75) is 38.8 Å². The lowest BCUT2D eigenvalue weighted by Crippen LogP contribution is -2.49. The van der Waals surface area contributed by atoms with E-state index in [1.165, 1.54) is 12.1 Å². The standard InChI is InChI=1S/C14H19F2NO3/c1-3-17-14(2,12(18)19)9-8-10-4-6-11(7-5-10)20-13(15)16/h4-7,13,17H,3,8-9H2,1-2H3,(H,18,19). The van der Waals surface area contributed by atoms with E-state index in [0.29, 0.717) is 19.4 Å². The second-order valence-corrected chi connectivity index (χ2v) is 4.69. The third-order valence-electron chi connectivity index (χ3n) is 3.10. The molecule has 0 fully saturated rings. The fourth-order valence-corrected chi connectivity index (χ4v) is 1.89. The molecule has 0 amide bonds. The zero-order chi connectivity index (χ0) is 15.2. The molecule has 0 aliphatic carbocycles. The van der Waals surface area contributed by atoms with Crippen LogP contribution in [0.2, 0.25) is 0 Å². The Kier molecular flexibility index (Phi) is 5.88. The highest BCUT2D eigenvalue weighted by Gasteiger charge is 2.31. The van der Waals surface area contributed by atoms with Crippen LogP contribution < -0.4 is 10.1 Å². The molecule has 1 aromatic carbocycles. The molecule has 1 aromatic rings. The molecular weight excluding hydrogens is 268 g/mol. The number of carbonyl (C=O) groups is 1. The molecule has 0 heterocycles. The first kappa shape index (κ1) is 16.4. The van der Waals surface area contributed by atoms with Gasteiger partial charge < -0.3 is 15.2 Å². The van der Waals surface area contributed by atoms with Crippen LogP contribution in [-0.2, 0) is 11.2 Å². The van der Waals surface area contributed by atoms with Crippen molar-refractivity contribution in [2.75, 3.05) is 6.54 Å². The molecule has 0 aliphatic rings. The first-order valence-corrected chi connectivity index (χ1v) is 6.39. The van der Waals surface area contributed by atoms with Crippen LogP contribution in [0, 0.1) is 0 Å². The van der Waals surface area contributed by atoms with E-state index < -0.39 is 18.1 Å². The minimum absolute atomic E-state index is 0.0939. The van der Waals surface area contributed by atoms with Gasteiger partial charge >= 0.3 is 12.6 Å². The molecule has 0 radical (unpaired) electrons. The number of halogens is 2. The van der Waals surface area contributed by atoms with Crippen LogP contribution in [-0.4, -0.2) is 29.8 Å². The molecule has 112 valence electrons. The molecular formula is C14H19F2NO3. The maximum Gasteiger partial charge on any atom is 0.387 e. The minimum Gasteiger partial charge on any atom is -0.480 e. The number of ether oxygens (including phenoxy) is 1. The molecule has 0 saturated carbocycles. The number of alkyl halides is 2. The van der Waals surface area contributed by atoms with Gasteiger partial charge in [0, 0.05) is 0 Å². The van der Waals surface area contributed by atoms with E-state index >= 15 is 0 Å². The van der Waals surface area contributed by atoms with Crippen LogP contribution in [0.3, 0.4) is 0 Å². The Balaban J connectivity index is 2.62. The van der Waals surface area contributed by atoms with Gasteiger partial charge in [-0.1, -0.05) is 19.1 Å². The fourth-order valence-electron chi connectivity index (χ4n) is 1.89. The average Bonchev–Trinajstić information content (AvgIpc) is 2.37. The molecule has 0 bridgehead atoms. The number of benzene rings is 1. The van der Waals surface area contributed by atoms with E-state index in [1.807, 2.05) is 6.92 Å². The van der Waals surface area contributed by atoms with Crippen LogP contribution >= 0.6 is 0 Å². The summed E-state index contributed by atoms with van der Waals surface area (Å²) >= 11 is 0. The molecule has 0 saturated heterocycles. The molecule has 0 spiro atoms. The highest BCUT2D eigenvalue weighted by molar-refractivity contribution is 5.78. The SMILES string of the molecule is CCNC(C)(CCc1ccc(OC(F)F)cc1)C(=O)O. The smallest absolute Gasteiger partial charge is 0.387 e. The Morgan fingerprint density at radius 1 is 1.40 bits per heavy atom. The van der Waals surface area contributed by atoms with Gasteiger partial charge in [-0.05, 0) is 44.0 Å². The molecule has 2 N–H and O–H groups in total. The molecule has 0 aliphatic heterocycles. The van der Waals surface area contributed by atoms with Crippen molar-refractivity contribution in [1.82, 2.24) is 5.32 Å². The number of aliphatic carboxylic acids is 1. The second kappa shape index (κ2) is 7.19. The minimum atomic E-state index is -2.84. The van der Waals surface area contributed by atoms with Crippen molar-refractivity contribution in [3.8, 4) is 5.75 Å². The Morgan fingerprint density at radius 2 is 2.00 bits per heavy atom. The van der Waals surface area contributed by atoms with Gasteiger partial charge in [0.15, 0.2) is 0 Å². The predicted molar refractivity (Wildman–Crippen MR) is 71.1 cm³/mol. The van der Waals surface area contributed by atoms with E-state index in [2.05, 4.69) is 10.1 Å². The normalized spacial score (nSPS) is 14.1. The molecule has 20 heavy (non-hydrogen) atoms. The number of hydrogen-bond acceptors (Lipinski definition) is 3. The quantitative estimate of drug-likeness (QED) is 0.772. The van der Waals surface area contributed by atoms with Crippen molar-refractivity contribution >= 4 is 5.97 Å². The Labute approximate surface area is 116 Å². The van der Waals surface area contributed by atoms with Crippen LogP contribution in [0.4, 0.5) is 8.78 Å². The average molecular weight is 287 g/mol. The number of rotatable bonds is 8. The summed E-state index contributed by atoms with van der Waals surface area (Å²) in [5, 5.41) is 12.2. The zero-order valence-electron chi connectivity index (χ0n) is 11.5. The Hall–Kier alpha value is -1.69. The topological polar surface area (TPSA) is 58.6 Å². The van der Waals surface area contributed by atoms with Crippen LogP contribution in [0.15, 0.2) is 24.3 Å². The highest BCUT2D eigenvalue weighted by Crippen LogP contribution is 2.18. The van der Waals surface area contributed by atoms with Crippen LogP contribution in [0.1, 0.15) is 25.8 Å². The molecule has 4 nitrogen and oxygen atoms in total. The second-order valence-electron chi connectivity index (χ2n) is 4.69. The monoisotopic (exact) mass is 287 g/mol. The number of likely N-dealkylation sites (N-methyl/N-ethyl adjacent to an activating group) is 1. The summed E-state index contributed by atoms with van der Waals surface area (Å²) < 4.78 is 28.3. The summed E-state index contributed by atoms with van der Waals surface area (Å²) in [5.41, 5.74) is -0.121. The van der Waals surface area contributed by atoms with Gasteiger partial charge in [0.1, 0.15) is 11.3 Å². The predicted octanol–water partition coefficient (Wildman–Crippen LogP) is 2.67. The molecule has 1 unspecified atom stereocenters. The third kappa shape index (κ3) is 4.77. The lowest BCUT2D eigenvalue weighted by atomic mass is 9.93. The summed E-state index contributed by atoms with van der Waals surface area (Å²) in [6.45, 7) is 1.19. The van der Waals surface area contributed by atoms with Crippen LogP contribution in [0.5, 0.6) is 5.75 Å². The molecule has 0 aromatic heterocycles. The first-order chi connectivity index (χ1) is 9.37. The van der Waals surface area contributed by atoms with E-state index in [4.69, 9.17) is 0 Å². The van der Waals surface area contributed by atoms with Gasteiger partial charge in [-0.25, -0.2) is 0 Å². The van der Waals surface area contributed by atoms with E-state index in [1.54, 1.807) is 19.1 Å². The number of hydrogen-bond donors (Lipinski definition) is 2. The van der Waals surface area contributed by atoms with Gasteiger partial charge in [-0.3, -0.25) is 4.79 Å². The number of carboxylic acid groups (broad SMARTS) is 1. The van der Waals surface area contributed by atoms with E-state index in [-0.39, 0.29) is 5.75 Å². The van der Waals surface area contributed by atoms with Crippen molar-refractivity contribution in [3.63, 3.8) is 0 Å². The lowest BCUT2D eigenvalue weighted by molar-refractivity contribution is -0.144. The molecule has 1 atom stereocenters. The Bertz CT molecular complexity index is 437. The number of carboxylic acids is 1. The van der Waals surface area contributed by atoms with Gasteiger partial charge in [-0.2, -0.15) is 8.78 Å². The highest BCUT2D eigenvalue weighted by atomic mass is 19.3.